The van der Waals surface area contributed by atoms with Gasteiger partial charge in [-0.1, -0.05) is 23.8 Å². The van der Waals surface area contributed by atoms with Crippen molar-refractivity contribution < 1.29 is 4.79 Å². The maximum absolute atomic E-state index is 12.1. The van der Waals surface area contributed by atoms with Crippen LogP contribution < -0.4 is 0 Å². The first-order chi connectivity index (χ1) is 8.56. The average Bonchev–Trinajstić information content (AvgIpc) is 2.34. The molecule has 0 aliphatic heterocycles. The number of Topliss-reactive ketones (excluding diaryl/α,β-unsaturated/α-hetero) is 1. The number of aryl methyl sites for hydroxylation is 3. The fraction of sp³-hybridized carbons (Fsp3) is 0.267. The average molecular weight is 240 g/mol. The maximum Gasteiger partial charge on any atom is 0.204 e. The SMILES string of the molecule is Cc1cnc(C(=O)Cc2cc(C)ccc2C)nc1. The topological polar surface area (TPSA) is 42.9 Å². The van der Waals surface area contributed by atoms with Crippen LogP contribution in [0.3, 0.4) is 0 Å². The molecular formula is C15H16N2O. The summed E-state index contributed by atoms with van der Waals surface area (Å²) in [7, 11) is 0. The van der Waals surface area contributed by atoms with Crippen LogP contribution in [0.15, 0.2) is 30.6 Å². The predicted octanol–water partition coefficient (Wildman–Crippen LogP) is 2.83. The number of hydrogen-bond donors (Lipinski definition) is 0. The predicted molar refractivity (Wildman–Crippen MR) is 70.7 cm³/mol. The Morgan fingerprint density at radius 2 is 1.72 bits per heavy atom. The third kappa shape index (κ3) is 2.80. The molecule has 2 aromatic rings. The van der Waals surface area contributed by atoms with Gasteiger partial charge in [0, 0.05) is 18.8 Å². The first kappa shape index (κ1) is 12.4. The molecule has 0 saturated heterocycles. The molecule has 3 heteroatoms. The third-order valence-electron chi connectivity index (χ3n) is 2.89. The zero-order valence-corrected chi connectivity index (χ0v) is 10.9. The summed E-state index contributed by atoms with van der Waals surface area (Å²) in [5, 5.41) is 0. The van der Waals surface area contributed by atoms with Gasteiger partial charge in [-0.2, -0.15) is 0 Å². The standard InChI is InChI=1S/C15H16N2O/c1-10-4-5-12(3)13(6-10)7-14(18)15-16-8-11(2)9-17-15/h4-6,8-9H,7H2,1-3H3. The van der Waals surface area contributed by atoms with E-state index in [1.165, 1.54) is 0 Å². The Morgan fingerprint density at radius 3 is 2.39 bits per heavy atom. The van der Waals surface area contributed by atoms with Gasteiger partial charge in [0.2, 0.25) is 5.78 Å². The molecule has 2 rings (SSSR count). The smallest absolute Gasteiger partial charge is 0.204 e. The van der Waals surface area contributed by atoms with Crippen LogP contribution in [0.1, 0.15) is 32.9 Å². The number of benzene rings is 1. The molecule has 0 amide bonds. The van der Waals surface area contributed by atoms with E-state index in [2.05, 4.69) is 9.97 Å². The van der Waals surface area contributed by atoms with Gasteiger partial charge in [-0.05, 0) is 37.5 Å². The second-order valence-corrected chi connectivity index (χ2v) is 4.61. The van der Waals surface area contributed by atoms with E-state index in [0.717, 1.165) is 22.3 Å². The second-order valence-electron chi connectivity index (χ2n) is 4.61. The monoisotopic (exact) mass is 240 g/mol. The van der Waals surface area contributed by atoms with Crippen LogP contribution in [0, 0.1) is 20.8 Å². The van der Waals surface area contributed by atoms with E-state index >= 15 is 0 Å². The summed E-state index contributed by atoms with van der Waals surface area (Å²) in [5.74, 6) is 0.255. The van der Waals surface area contributed by atoms with E-state index in [1.54, 1.807) is 12.4 Å². The molecular weight excluding hydrogens is 224 g/mol. The summed E-state index contributed by atoms with van der Waals surface area (Å²) in [4.78, 5) is 20.2. The van der Waals surface area contributed by atoms with Crippen molar-refractivity contribution in [1.82, 2.24) is 9.97 Å². The van der Waals surface area contributed by atoms with E-state index < -0.39 is 0 Å². The number of rotatable bonds is 3. The minimum Gasteiger partial charge on any atom is -0.290 e. The van der Waals surface area contributed by atoms with E-state index in [9.17, 15) is 4.79 Å². The van der Waals surface area contributed by atoms with E-state index in [0.29, 0.717) is 12.2 Å². The highest BCUT2D eigenvalue weighted by molar-refractivity contribution is 5.94. The lowest BCUT2D eigenvalue weighted by Gasteiger charge is -2.06. The number of carbonyl (C=O) groups is 1. The van der Waals surface area contributed by atoms with E-state index in [1.807, 2.05) is 39.0 Å². The molecule has 0 fully saturated rings. The van der Waals surface area contributed by atoms with Crippen molar-refractivity contribution in [1.29, 1.82) is 0 Å². The van der Waals surface area contributed by atoms with Crippen LogP contribution >= 0.6 is 0 Å². The number of nitrogens with zero attached hydrogens (tertiary/aromatic N) is 2. The highest BCUT2D eigenvalue weighted by Gasteiger charge is 2.11. The fourth-order valence-corrected chi connectivity index (χ4v) is 1.78. The molecule has 1 aromatic heterocycles. The van der Waals surface area contributed by atoms with E-state index in [-0.39, 0.29) is 5.78 Å². The summed E-state index contributed by atoms with van der Waals surface area (Å²) in [6.45, 7) is 5.94. The van der Waals surface area contributed by atoms with Crippen molar-refractivity contribution in [2.45, 2.75) is 27.2 Å². The minimum absolute atomic E-state index is 0.0382. The number of hydrogen-bond acceptors (Lipinski definition) is 3. The van der Waals surface area contributed by atoms with Gasteiger partial charge >= 0.3 is 0 Å². The Kier molecular flexibility index (Phi) is 3.51. The van der Waals surface area contributed by atoms with Crippen molar-refractivity contribution in [2.75, 3.05) is 0 Å². The van der Waals surface area contributed by atoms with E-state index in [4.69, 9.17) is 0 Å². The minimum atomic E-state index is -0.0382. The molecule has 0 atom stereocenters. The van der Waals surface area contributed by atoms with Gasteiger partial charge in [-0.3, -0.25) is 4.79 Å². The lowest BCUT2D eigenvalue weighted by Crippen LogP contribution is -2.09. The fourth-order valence-electron chi connectivity index (χ4n) is 1.78. The van der Waals surface area contributed by atoms with Crippen molar-refractivity contribution in [3.63, 3.8) is 0 Å². The van der Waals surface area contributed by atoms with Crippen LogP contribution in [0.2, 0.25) is 0 Å². The Labute approximate surface area is 107 Å². The summed E-state index contributed by atoms with van der Waals surface area (Å²) >= 11 is 0. The quantitative estimate of drug-likeness (QED) is 0.775. The molecule has 1 heterocycles. The summed E-state index contributed by atoms with van der Waals surface area (Å²) < 4.78 is 0. The molecule has 18 heavy (non-hydrogen) atoms. The van der Waals surface area contributed by atoms with Crippen LogP contribution in [0.5, 0.6) is 0 Å². The Bertz CT molecular complexity index is 574. The molecule has 1 aromatic carbocycles. The molecule has 0 unspecified atom stereocenters. The van der Waals surface area contributed by atoms with Crippen molar-refractivity contribution in [2.24, 2.45) is 0 Å². The van der Waals surface area contributed by atoms with Gasteiger partial charge in [0.25, 0.3) is 0 Å². The molecule has 0 spiro atoms. The molecule has 0 N–H and O–H groups in total. The van der Waals surface area contributed by atoms with Crippen LogP contribution in [0.4, 0.5) is 0 Å². The van der Waals surface area contributed by atoms with Gasteiger partial charge in [0.15, 0.2) is 5.82 Å². The van der Waals surface area contributed by atoms with Gasteiger partial charge in [-0.25, -0.2) is 9.97 Å². The summed E-state index contributed by atoms with van der Waals surface area (Å²) in [5.41, 5.74) is 4.29. The van der Waals surface area contributed by atoms with Gasteiger partial charge in [0.05, 0.1) is 0 Å². The summed E-state index contributed by atoms with van der Waals surface area (Å²) in [6, 6.07) is 6.13. The second kappa shape index (κ2) is 5.08. The zero-order chi connectivity index (χ0) is 13.1. The summed E-state index contributed by atoms with van der Waals surface area (Å²) in [6.07, 6.45) is 3.70. The number of ketones is 1. The lowest BCUT2D eigenvalue weighted by molar-refractivity contribution is 0.0983. The Morgan fingerprint density at radius 1 is 1.06 bits per heavy atom. The van der Waals surface area contributed by atoms with Crippen molar-refractivity contribution in [3.8, 4) is 0 Å². The highest BCUT2D eigenvalue weighted by Crippen LogP contribution is 2.13. The molecule has 92 valence electrons. The molecule has 3 nitrogen and oxygen atoms in total. The Hall–Kier alpha value is -2.03. The van der Waals surface area contributed by atoms with Crippen molar-refractivity contribution in [3.05, 3.63) is 58.7 Å². The molecule has 0 radical (unpaired) electrons. The first-order valence-corrected chi connectivity index (χ1v) is 5.94. The van der Waals surface area contributed by atoms with Gasteiger partial charge < -0.3 is 0 Å². The maximum atomic E-state index is 12.1. The number of aromatic nitrogens is 2. The van der Waals surface area contributed by atoms with Crippen LogP contribution in [-0.2, 0) is 6.42 Å². The lowest BCUT2D eigenvalue weighted by atomic mass is 10.0. The normalized spacial score (nSPS) is 10.4. The molecule has 0 aliphatic carbocycles. The largest absolute Gasteiger partial charge is 0.290 e. The first-order valence-electron chi connectivity index (χ1n) is 5.94. The zero-order valence-electron chi connectivity index (χ0n) is 10.9. The highest BCUT2D eigenvalue weighted by atomic mass is 16.1. The molecule has 0 saturated carbocycles. The molecule has 0 bridgehead atoms. The third-order valence-corrected chi connectivity index (χ3v) is 2.89. The Balaban J connectivity index is 2.21. The van der Waals surface area contributed by atoms with Crippen LogP contribution in [0.25, 0.3) is 0 Å². The van der Waals surface area contributed by atoms with Gasteiger partial charge in [-0.15, -0.1) is 0 Å². The van der Waals surface area contributed by atoms with Gasteiger partial charge in [0.1, 0.15) is 0 Å². The molecule has 0 aliphatic rings. The van der Waals surface area contributed by atoms with Crippen LogP contribution in [-0.4, -0.2) is 15.8 Å². The van der Waals surface area contributed by atoms with Crippen molar-refractivity contribution >= 4 is 5.78 Å². The number of carbonyl (C=O) groups excluding carboxylic acids is 1.